The molecule has 0 saturated heterocycles. The zero-order chi connectivity index (χ0) is 10.1. The van der Waals surface area contributed by atoms with Crippen LogP contribution in [-0.2, 0) is 4.79 Å². The Morgan fingerprint density at radius 3 is 2.62 bits per heavy atom. The quantitative estimate of drug-likeness (QED) is 0.684. The second-order valence-electron chi connectivity index (χ2n) is 3.89. The lowest BCUT2D eigenvalue weighted by Gasteiger charge is -2.35. The number of hydrogen-bond donors (Lipinski definition) is 2. The first kappa shape index (κ1) is 10.3. The summed E-state index contributed by atoms with van der Waals surface area (Å²) in [4.78, 5) is 10.8. The van der Waals surface area contributed by atoms with Crippen LogP contribution in [0, 0.1) is 5.92 Å². The predicted octanol–water partition coefficient (Wildman–Crippen LogP) is 1.57. The fourth-order valence-electron chi connectivity index (χ4n) is 1.80. The molecule has 0 radical (unpaired) electrons. The molecule has 0 heterocycles. The summed E-state index contributed by atoms with van der Waals surface area (Å²) in [5.41, 5.74) is -0.946. The predicted molar refractivity (Wildman–Crippen MR) is 49.4 cm³/mol. The van der Waals surface area contributed by atoms with Gasteiger partial charge in [0.15, 0.2) is 0 Å². The van der Waals surface area contributed by atoms with Crippen LogP contribution < -0.4 is 0 Å². The van der Waals surface area contributed by atoms with Crippen LogP contribution in [0.5, 0.6) is 0 Å². The number of rotatable bonds is 2. The molecule has 0 aromatic carbocycles. The van der Waals surface area contributed by atoms with Gasteiger partial charge in [-0.05, 0) is 25.2 Å². The molecule has 0 unspecified atom stereocenters. The lowest BCUT2D eigenvalue weighted by molar-refractivity contribution is -0.136. The van der Waals surface area contributed by atoms with Gasteiger partial charge >= 0.3 is 5.97 Å². The smallest absolute Gasteiger partial charge is 0.334 e. The van der Waals surface area contributed by atoms with Gasteiger partial charge in [0.25, 0.3) is 0 Å². The molecule has 13 heavy (non-hydrogen) atoms. The monoisotopic (exact) mass is 184 g/mol. The summed E-state index contributed by atoms with van der Waals surface area (Å²) in [5, 5.41) is 19.0. The molecular formula is C10H16O3. The Morgan fingerprint density at radius 2 is 2.23 bits per heavy atom. The molecule has 1 aliphatic carbocycles. The second kappa shape index (κ2) is 3.50. The van der Waals surface area contributed by atoms with Crippen LogP contribution in [0.2, 0.25) is 0 Å². The maximum atomic E-state index is 10.8. The van der Waals surface area contributed by atoms with E-state index in [2.05, 4.69) is 0 Å². The average Bonchev–Trinajstić information content (AvgIpc) is 2.04. The van der Waals surface area contributed by atoms with E-state index in [0.717, 1.165) is 12.8 Å². The third-order valence-corrected chi connectivity index (χ3v) is 2.76. The maximum absolute atomic E-state index is 10.8. The van der Waals surface area contributed by atoms with Gasteiger partial charge < -0.3 is 10.2 Å². The van der Waals surface area contributed by atoms with Gasteiger partial charge in [-0.1, -0.05) is 19.9 Å². The lowest BCUT2D eigenvalue weighted by atomic mass is 9.76. The number of carboxylic acid groups (broad SMARTS) is 1. The maximum Gasteiger partial charge on any atom is 0.334 e. The Kier molecular flexibility index (Phi) is 2.76. The van der Waals surface area contributed by atoms with Crippen LogP contribution in [0.1, 0.15) is 33.1 Å². The summed E-state index contributed by atoms with van der Waals surface area (Å²) < 4.78 is 0. The second-order valence-corrected chi connectivity index (χ2v) is 3.89. The summed E-state index contributed by atoms with van der Waals surface area (Å²) in [6.45, 7) is 3.70. The standard InChI is InChI=1S/C10H16O3/c1-7(2)10(13)6-4-3-5-8(10)9(11)12/h5,7,13H,3-4,6H2,1-2H3,(H,11,12)/t10-/m0/s1. The molecule has 0 fully saturated rings. The van der Waals surface area contributed by atoms with Crippen molar-refractivity contribution in [2.45, 2.75) is 38.7 Å². The van der Waals surface area contributed by atoms with Crippen molar-refractivity contribution in [3.05, 3.63) is 11.6 Å². The topological polar surface area (TPSA) is 57.5 Å². The highest BCUT2D eigenvalue weighted by atomic mass is 16.4. The van der Waals surface area contributed by atoms with E-state index >= 15 is 0 Å². The van der Waals surface area contributed by atoms with Crippen LogP contribution in [0.3, 0.4) is 0 Å². The number of aliphatic carboxylic acids is 1. The van der Waals surface area contributed by atoms with E-state index in [-0.39, 0.29) is 11.5 Å². The first-order valence-electron chi connectivity index (χ1n) is 4.65. The van der Waals surface area contributed by atoms with Crippen LogP contribution in [-0.4, -0.2) is 21.8 Å². The minimum absolute atomic E-state index is 0.0462. The summed E-state index contributed by atoms with van der Waals surface area (Å²) in [6, 6.07) is 0. The number of aliphatic hydroxyl groups is 1. The van der Waals surface area contributed by atoms with Gasteiger partial charge in [-0.15, -0.1) is 0 Å². The summed E-state index contributed by atoms with van der Waals surface area (Å²) >= 11 is 0. The van der Waals surface area contributed by atoms with E-state index in [1.807, 2.05) is 13.8 Å². The minimum atomic E-state index is -1.12. The van der Waals surface area contributed by atoms with Crippen molar-refractivity contribution in [1.29, 1.82) is 0 Å². The van der Waals surface area contributed by atoms with Gasteiger partial charge in [-0.2, -0.15) is 0 Å². The van der Waals surface area contributed by atoms with Crippen LogP contribution >= 0.6 is 0 Å². The Bertz CT molecular complexity index is 243. The fraction of sp³-hybridized carbons (Fsp3) is 0.700. The van der Waals surface area contributed by atoms with E-state index in [1.165, 1.54) is 0 Å². The molecule has 2 N–H and O–H groups in total. The molecule has 3 heteroatoms. The third-order valence-electron chi connectivity index (χ3n) is 2.76. The van der Waals surface area contributed by atoms with Gasteiger partial charge in [0.1, 0.15) is 0 Å². The molecule has 0 saturated carbocycles. The van der Waals surface area contributed by atoms with Gasteiger partial charge in [-0.3, -0.25) is 0 Å². The van der Waals surface area contributed by atoms with Crippen molar-refractivity contribution in [2.75, 3.05) is 0 Å². The van der Waals surface area contributed by atoms with Gasteiger partial charge in [0, 0.05) is 0 Å². The lowest BCUT2D eigenvalue weighted by Crippen LogP contribution is -2.41. The summed E-state index contributed by atoms with van der Waals surface area (Å²) in [6.07, 6.45) is 3.83. The zero-order valence-electron chi connectivity index (χ0n) is 8.08. The van der Waals surface area contributed by atoms with Gasteiger partial charge in [0.2, 0.25) is 0 Å². The molecule has 1 atom stereocenters. The van der Waals surface area contributed by atoms with Crippen molar-refractivity contribution in [1.82, 2.24) is 0 Å². The Balaban J connectivity index is 3.01. The third kappa shape index (κ3) is 1.75. The highest BCUT2D eigenvalue weighted by molar-refractivity contribution is 5.89. The molecule has 0 bridgehead atoms. The molecule has 0 aromatic heterocycles. The molecule has 0 aliphatic heterocycles. The first-order valence-corrected chi connectivity index (χ1v) is 4.65. The Morgan fingerprint density at radius 1 is 1.62 bits per heavy atom. The fourth-order valence-corrected chi connectivity index (χ4v) is 1.80. The number of carboxylic acids is 1. The van der Waals surface area contributed by atoms with Crippen LogP contribution in [0.15, 0.2) is 11.6 Å². The Labute approximate surface area is 78.1 Å². The van der Waals surface area contributed by atoms with Crippen LogP contribution in [0.4, 0.5) is 0 Å². The summed E-state index contributed by atoms with van der Waals surface area (Å²) in [7, 11) is 0. The van der Waals surface area contributed by atoms with Crippen molar-refractivity contribution < 1.29 is 15.0 Å². The zero-order valence-corrected chi connectivity index (χ0v) is 8.08. The average molecular weight is 184 g/mol. The first-order chi connectivity index (χ1) is 5.98. The van der Waals surface area contributed by atoms with Crippen molar-refractivity contribution in [2.24, 2.45) is 5.92 Å². The van der Waals surface area contributed by atoms with Gasteiger partial charge in [-0.25, -0.2) is 4.79 Å². The van der Waals surface area contributed by atoms with E-state index in [9.17, 15) is 9.90 Å². The van der Waals surface area contributed by atoms with E-state index in [0.29, 0.717) is 6.42 Å². The van der Waals surface area contributed by atoms with Crippen molar-refractivity contribution in [3.63, 3.8) is 0 Å². The van der Waals surface area contributed by atoms with E-state index < -0.39 is 11.6 Å². The Hall–Kier alpha value is -0.830. The summed E-state index contributed by atoms with van der Waals surface area (Å²) in [5.74, 6) is -1.04. The van der Waals surface area contributed by atoms with Crippen molar-refractivity contribution >= 4 is 5.97 Å². The van der Waals surface area contributed by atoms with Gasteiger partial charge in [0.05, 0.1) is 11.2 Å². The SMILES string of the molecule is CC(C)[C@@]1(O)CCCC=C1C(=O)O. The largest absolute Gasteiger partial charge is 0.478 e. The molecule has 1 rings (SSSR count). The van der Waals surface area contributed by atoms with Crippen molar-refractivity contribution in [3.8, 4) is 0 Å². The molecular weight excluding hydrogens is 168 g/mol. The van der Waals surface area contributed by atoms with E-state index in [4.69, 9.17) is 5.11 Å². The molecule has 74 valence electrons. The normalized spacial score (nSPS) is 28.8. The minimum Gasteiger partial charge on any atom is -0.478 e. The molecule has 0 aromatic rings. The highest BCUT2D eigenvalue weighted by Gasteiger charge is 2.39. The van der Waals surface area contributed by atoms with Crippen LogP contribution in [0.25, 0.3) is 0 Å². The number of allylic oxidation sites excluding steroid dienone is 1. The van der Waals surface area contributed by atoms with E-state index in [1.54, 1.807) is 6.08 Å². The highest BCUT2D eigenvalue weighted by Crippen LogP contribution is 2.35. The molecule has 0 spiro atoms. The number of carbonyl (C=O) groups is 1. The molecule has 3 nitrogen and oxygen atoms in total. The molecule has 1 aliphatic rings. The number of hydrogen-bond acceptors (Lipinski definition) is 2. The molecule has 0 amide bonds.